The summed E-state index contributed by atoms with van der Waals surface area (Å²) < 4.78 is -0.630. The van der Waals surface area contributed by atoms with Crippen molar-refractivity contribution in [3.05, 3.63) is 22.8 Å². The molecule has 3 rings (SSSR count). The Morgan fingerprint density at radius 2 is 2.09 bits per heavy atom. The molecule has 2 heterocycles. The summed E-state index contributed by atoms with van der Waals surface area (Å²) in [5, 5.41) is 0. The third-order valence-corrected chi connectivity index (χ3v) is 6.37. The number of alkyl halides is 3. The van der Waals surface area contributed by atoms with Crippen LogP contribution in [0.25, 0.3) is 0 Å². The van der Waals surface area contributed by atoms with E-state index in [2.05, 4.69) is 20.9 Å². The van der Waals surface area contributed by atoms with Crippen LogP contribution in [0, 0.1) is 0 Å². The molecule has 1 aliphatic carbocycles. The average molecular weight is 442 g/mol. The number of rotatable bonds is 3. The molecule has 1 aromatic heterocycles. The van der Waals surface area contributed by atoms with Gasteiger partial charge in [0.15, 0.2) is 4.87 Å². The number of nitrogens with zero attached hydrogens (tertiary/aromatic N) is 3. The van der Waals surface area contributed by atoms with Crippen molar-refractivity contribution < 1.29 is 9.59 Å². The minimum Gasteiger partial charge on any atom is -0.332 e. The van der Waals surface area contributed by atoms with Crippen LogP contribution in [0.1, 0.15) is 12.8 Å². The molecule has 2 fully saturated rings. The van der Waals surface area contributed by atoms with Crippen LogP contribution in [-0.2, 0) is 9.59 Å². The summed E-state index contributed by atoms with van der Waals surface area (Å²) in [6.07, 6.45) is 0.672. The summed E-state index contributed by atoms with van der Waals surface area (Å²) in [6, 6.07) is 4.74. The van der Waals surface area contributed by atoms with Crippen molar-refractivity contribution in [3.8, 4) is 0 Å². The fraction of sp³-hybridized carbons (Fsp3) is 0.500. The van der Waals surface area contributed by atoms with Crippen LogP contribution in [0.4, 0.5) is 5.82 Å². The highest BCUT2D eigenvalue weighted by atomic mass is 79.9. The molecule has 0 N–H and O–H groups in total. The number of hydrogen-bond donors (Lipinski definition) is 0. The van der Waals surface area contributed by atoms with Crippen molar-refractivity contribution in [3.63, 3.8) is 0 Å². The van der Waals surface area contributed by atoms with Gasteiger partial charge in [0.25, 0.3) is 5.91 Å². The number of halogens is 4. The van der Waals surface area contributed by atoms with Crippen LogP contribution in [0.2, 0.25) is 0 Å². The van der Waals surface area contributed by atoms with Crippen molar-refractivity contribution in [2.45, 2.75) is 28.1 Å². The van der Waals surface area contributed by atoms with E-state index in [-0.39, 0.29) is 12.3 Å². The molecule has 2 unspecified atom stereocenters. The zero-order valence-electron chi connectivity index (χ0n) is 12.1. The van der Waals surface area contributed by atoms with Gasteiger partial charge in [0, 0.05) is 20.0 Å². The molecule has 1 aromatic rings. The molecule has 0 aromatic carbocycles. The molecule has 2 atom stereocenters. The van der Waals surface area contributed by atoms with Gasteiger partial charge < -0.3 is 4.90 Å². The van der Waals surface area contributed by atoms with Crippen molar-refractivity contribution in [2.24, 2.45) is 0 Å². The molecule has 0 bridgehead atoms. The molecule has 2 amide bonds. The maximum Gasteiger partial charge on any atom is 0.251 e. The molecule has 1 saturated heterocycles. The number of hydrogen-bond acceptors (Lipinski definition) is 3. The van der Waals surface area contributed by atoms with Gasteiger partial charge in [-0.15, -0.1) is 11.6 Å². The summed E-state index contributed by atoms with van der Waals surface area (Å²) in [5.41, 5.74) is 0. The number of carbonyl (C=O) groups is 2. The summed E-state index contributed by atoms with van der Waals surface area (Å²) >= 11 is 21.4. The molecule has 5 nitrogen and oxygen atoms in total. The first kappa shape index (κ1) is 17.3. The molecule has 0 radical (unpaired) electrons. The Hall–Kier alpha value is -0.560. The fourth-order valence-corrected chi connectivity index (χ4v) is 4.08. The largest absolute Gasteiger partial charge is 0.332 e. The van der Waals surface area contributed by atoms with Gasteiger partial charge in [0.05, 0.1) is 0 Å². The number of pyridine rings is 1. The van der Waals surface area contributed by atoms with Crippen LogP contribution >= 0.6 is 50.7 Å². The van der Waals surface area contributed by atoms with Crippen molar-refractivity contribution in [1.29, 1.82) is 0 Å². The minimum absolute atomic E-state index is 0.172. The van der Waals surface area contributed by atoms with Crippen LogP contribution in [-0.4, -0.2) is 50.5 Å². The van der Waals surface area contributed by atoms with E-state index in [9.17, 15) is 9.59 Å². The Kier molecular flexibility index (Phi) is 4.32. The molecular weight excluding hydrogens is 428 g/mol. The van der Waals surface area contributed by atoms with E-state index in [1.54, 1.807) is 30.1 Å². The summed E-state index contributed by atoms with van der Waals surface area (Å²) in [4.78, 5) is 31.0. The monoisotopic (exact) mass is 439 g/mol. The number of anilines is 1. The molecular formula is C14H13BrCl3N3O2. The van der Waals surface area contributed by atoms with Gasteiger partial charge in [-0.2, -0.15) is 0 Å². The van der Waals surface area contributed by atoms with Gasteiger partial charge in [-0.3, -0.25) is 14.5 Å². The second-order valence-electron chi connectivity index (χ2n) is 5.71. The Bertz CT molecular complexity index is 687. The lowest BCUT2D eigenvalue weighted by Gasteiger charge is -2.26. The third-order valence-electron chi connectivity index (χ3n) is 4.20. The van der Waals surface area contributed by atoms with E-state index in [4.69, 9.17) is 34.8 Å². The smallest absolute Gasteiger partial charge is 0.251 e. The standard InChI is InChI=1S/C14H13BrCl3N3O2/c1-20(12(23)13(16)7-14(13,17)18)8-5-6-21(11(8)22)10-4-2-3-9(15)19-10/h2-4,8H,5-7H2,1H3. The summed E-state index contributed by atoms with van der Waals surface area (Å²) in [5.74, 6) is -0.0718. The predicted octanol–water partition coefficient (Wildman–Crippen LogP) is 2.96. The Labute approximate surface area is 157 Å². The lowest BCUT2D eigenvalue weighted by atomic mass is 10.2. The molecule has 1 aliphatic heterocycles. The molecule has 0 spiro atoms. The summed E-state index contributed by atoms with van der Waals surface area (Å²) in [7, 11) is 1.55. The van der Waals surface area contributed by atoms with Gasteiger partial charge in [0.2, 0.25) is 5.91 Å². The number of carbonyl (C=O) groups excluding carboxylic acids is 2. The molecule has 23 heavy (non-hydrogen) atoms. The van der Waals surface area contributed by atoms with Gasteiger partial charge in [-0.1, -0.05) is 29.3 Å². The summed E-state index contributed by atoms with van der Waals surface area (Å²) in [6.45, 7) is 0.479. The molecule has 9 heteroatoms. The molecule has 2 aliphatic rings. The first-order chi connectivity index (χ1) is 10.7. The third kappa shape index (κ3) is 2.84. The highest BCUT2D eigenvalue weighted by Gasteiger charge is 2.72. The average Bonchev–Trinajstić information content (AvgIpc) is 2.81. The Morgan fingerprint density at radius 1 is 1.43 bits per heavy atom. The highest BCUT2D eigenvalue weighted by molar-refractivity contribution is 9.10. The van der Waals surface area contributed by atoms with E-state index in [1.165, 1.54) is 4.90 Å². The van der Waals surface area contributed by atoms with Crippen molar-refractivity contribution in [1.82, 2.24) is 9.88 Å². The van der Waals surface area contributed by atoms with Crippen molar-refractivity contribution in [2.75, 3.05) is 18.5 Å². The maximum atomic E-state index is 12.6. The topological polar surface area (TPSA) is 53.5 Å². The van der Waals surface area contributed by atoms with E-state index < -0.39 is 21.2 Å². The Balaban J connectivity index is 1.76. The van der Waals surface area contributed by atoms with Crippen LogP contribution < -0.4 is 4.90 Å². The lowest BCUT2D eigenvalue weighted by Crippen LogP contribution is -2.47. The predicted molar refractivity (Wildman–Crippen MR) is 93.1 cm³/mol. The number of aromatic nitrogens is 1. The zero-order valence-corrected chi connectivity index (χ0v) is 16.0. The Morgan fingerprint density at radius 3 is 2.65 bits per heavy atom. The van der Waals surface area contributed by atoms with Crippen molar-refractivity contribution >= 4 is 68.4 Å². The van der Waals surface area contributed by atoms with Gasteiger partial charge in [-0.25, -0.2) is 4.98 Å². The lowest BCUT2D eigenvalue weighted by molar-refractivity contribution is -0.137. The number of amides is 2. The quantitative estimate of drug-likeness (QED) is 0.535. The van der Waals surface area contributed by atoms with E-state index in [1.807, 2.05) is 0 Å². The maximum absolute atomic E-state index is 12.6. The van der Waals surface area contributed by atoms with Crippen LogP contribution in [0.15, 0.2) is 22.8 Å². The van der Waals surface area contributed by atoms with Crippen LogP contribution in [0.5, 0.6) is 0 Å². The van der Waals surface area contributed by atoms with Gasteiger partial charge in [0.1, 0.15) is 20.8 Å². The fourth-order valence-electron chi connectivity index (χ4n) is 2.71. The second kappa shape index (κ2) is 5.76. The van der Waals surface area contributed by atoms with E-state index >= 15 is 0 Å². The number of likely N-dealkylation sites (N-methyl/N-ethyl adjacent to an activating group) is 1. The van der Waals surface area contributed by atoms with Crippen LogP contribution in [0.3, 0.4) is 0 Å². The molecule has 124 valence electrons. The van der Waals surface area contributed by atoms with E-state index in [0.717, 1.165) is 0 Å². The van der Waals surface area contributed by atoms with Gasteiger partial charge >= 0.3 is 0 Å². The first-order valence-electron chi connectivity index (χ1n) is 6.95. The minimum atomic E-state index is -1.34. The first-order valence-corrected chi connectivity index (χ1v) is 8.88. The zero-order chi connectivity index (χ0) is 17.0. The SMILES string of the molecule is CN(C(=O)C1(Cl)CC1(Cl)Cl)C1CCN(c2cccc(Br)n2)C1=O. The normalized spacial score (nSPS) is 28.8. The van der Waals surface area contributed by atoms with E-state index in [0.29, 0.717) is 23.4 Å². The highest BCUT2D eigenvalue weighted by Crippen LogP contribution is 2.62. The molecule has 1 saturated carbocycles. The second-order valence-corrected chi connectivity index (χ2v) is 8.65. The van der Waals surface area contributed by atoms with Gasteiger partial charge in [-0.05, 0) is 34.5 Å².